The maximum Gasteiger partial charge on any atom is 0.326 e. The van der Waals surface area contributed by atoms with E-state index in [-0.39, 0.29) is 11.7 Å². The number of para-hydroxylation sites is 2. The maximum atomic E-state index is 12.6. The Kier molecular flexibility index (Phi) is 6.70. The molecule has 0 atom stereocenters. The van der Waals surface area contributed by atoms with Gasteiger partial charge in [0.1, 0.15) is 11.6 Å². The number of nitrogens with zero attached hydrogens (tertiary/aromatic N) is 4. The van der Waals surface area contributed by atoms with Crippen molar-refractivity contribution in [3.8, 4) is 34.3 Å². The van der Waals surface area contributed by atoms with E-state index >= 15 is 0 Å². The van der Waals surface area contributed by atoms with Crippen molar-refractivity contribution >= 4 is 11.0 Å². The van der Waals surface area contributed by atoms with Crippen LogP contribution in [0.4, 0.5) is 0 Å². The number of rotatable bonds is 6. The number of ether oxygens (including phenoxy) is 1. The minimum atomic E-state index is -0.0202. The molecule has 7 heteroatoms. The van der Waals surface area contributed by atoms with Crippen molar-refractivity contribution in [2.45, 2.75) is 25.4 Å². The highest BCUT2D eigenvalue weighted by molar-refractivity contribution is 5.82. The van der Waals surface area contributed by atoms with Gasteiger partial charge in [-0.1, -0.05) is 66.7 Å². The van der Waals surface area contributed by atoms with E-state index in [1.54, 1.807) is 0 Å². The van der Waals surface area contributed by atoms with Crippen molar-refractivity contribution in [2.24, 2.45) is 0 Å². The van der Waals surface area contributed by atoms with E-state index in [4.69, 9.17) is 9.72 Å². The first-order chi connectivity index (χ1) is 19.1. The summed E-state index contributed by atoms with van der Waals surface area (Å²) < 4.78 is 7.35. The van der Waals surface area contributed by atoms with Crippen molar-refractivity contribution in [3.63, 3.8) is 0 Å². The molecule has 0 saturated carbocycles. The number of hydrogen-bond donors (Lipinski definition) is 1. The number of nitrogens with one attached hydrogen (secondary N) is 1. The van der Waals surface area contributed by atoms with Crippen LogP contribution >= 0.6 is 0 Å². The van der Waals surface area contributed by atoms with Gasteiger partial charge >= 0.3 is 5.69 Å². The van der Waals surface area contributed by atoms with Gasteiger partial charge in [0.05, 0.1) is 23.8 Å². The van der Waals surface area contributed by atoms with E-state index in [1.807, 2.05) is 65.2 Å². The molecule has 2 aromatic heterocycles. The summed E-state index contributed by atoms with van der Waals surface area (Å²) >= 11 is 0. The van der Waals surface area contributed by atoms with Crippen molar-refractivity contribution in [3.05, 3.63) is 107 Å². The van der Waals surface area contributed by atoms with Crippen LogP contribution in [0.15, 0.2) is 89.7 Å². The van der Waals surface area contributed by atoms with Crippen LogP contribution in [-0.2, 0) is 6.54 Å². The summed E-state index contributed by atoms with van der Waals surface area (Å²) in [5.41, 5.74) is 7.16. The number of piperidine rings is 1. The molecule has 1 fully saturated rings. The van der Waals surface area contributed by atoms with Crippen molar-refractivity contribution in [1.29, 1.82) is 5.26 Å². The molecule has 3 aromatic carbocycles. The molecule has 0 bridgehead atoms. The van der Waals surface area contributed by atoms with Crippen LogP contribution in [0.25, 0.3) is 33.4 Å². The average molecular weight is 516 g/mol. The number of hydrogen-bond acceptors (Lipinski definition) is 5. The lowest BCUT2D eigenvalue weighted by Gasteiger charge is -2.32. The first-order valence-electron chi connectivity index (χ1n) is 13.2. The van der Waals surface area contributed by atoms with Gasteiger partial charge in [-0.15, -0.1) is 0 Å². The lowest BCUT2D eigenvalue weighted by Crippen LogP contribution is -2.36. The van der Waals surface area contributed by atoms with Gasteiger partial charge in [-0.25, -0.2) is 9.78 Å². The van der Waals surface area contributed by atoms with E-state index in [0.29, 0.717) is 11.4 Å². The number of methoxy groups -OCH3 is 1. The molecule has 1 N–H and O–H groups in total. The van der Waals surface area contributed by atoms with Gasteiger partial charge in [0, 0.05) is 36.8 Å². The second-order valence-corrected chi connectivity index (χ2v) is 9.94. The molecular formula is C32H29N5O2. The number of pyridine rings is 1. The number of aromatic amines is 1. The standard InChI is InChI=1S/C32H29N5O2/c1-39-31-25(20-33)19-27(23-7-3-2-4-8-23)30(35-31)24-13-11-22(12-14-24)21-36-17-15-26(16-18-36)37-29-10-6-5-9-28(29)34-32(37)38/h2-14,19,26H,15-18,21H2,1H3,(H,34,38). The highest BCUT2D eigenvalue weighted by atomic mass is 16.5. The fourth-order valence-electron chi connectivity index (χ4n) is 5.59. The first-order valence-corrected chi connectivity index (χ1v) is 13.2. The fourth-order valence-corrected chi connectivity index (χ4v) is 5.59. The topological polar surface area (TPSA) is 86.9 Å². The van der Waals surface area contributed by atoms with Gasteiger partial charge in [-0.05, 0) is 42.2 Å². The highest BCUT2D eigenvalue weighted by Crippen LogP contribution is 2.35. The number of nitriles is 1. The smallest absolute Gasteiger partial charge is 0.326 e. The third-order valence-corrected chi connectivity index (χ3v) is 7.57. The molecule has 1 aliphatic heterocycles. The summed E-state index contributed by atoms with van der Waals surface area (Å²) in [7, 11) is 1.54. The summed E-state index contributed by atoms with van der Waals surface area (Å²) in [6.45, 7) is 2.72. The van der Waals surface area contributed by atoms with Crippen LogP contribution in [0.2, 0.25) is 0 Å². The molecule has 0 aliphatic carbocycles. The van der Waals surface area contributed by atoms with Crippen molar-refractivity contribution in [1.82, 2.24) is 19.4 Å². The molecule has 1 aliphatic rings. The molecule has 6 rings (SSSR count). The molecule has 0 unspecified atom stereocenters. The lowest BCUT2D eigenvalue weighted by atomic mass is 9.97. The molecule has 7 nitrogen and oxygen atoms in total. The molecule has 0 amide bonds. The molecule has 5 aromatic rings. The van der Waals surface area contributed by atoms with Crippen LogP contribution in [-0.4, -0.2) is 39.6 Å². The quantitative estimate of drug-likeness (QED) is 0.310. The Morgan fingerprint density at radius 2 is 1.69 bits per heavy atom. The van der Waals surface area contributed by atoms with Gasteiger partial charge in [-0.3, -0.25) is 9.47 Å². The Morgan fingerprint density at radius 1 is 0.974 bits per heavy atom. The largest absolute Gasteiger partial charge is 0.480 e. The zero-order valence-corrected chi connectivity index (χ0v) is 21.8. The number of fused-ring (bicyclic) bond motifs is 1. The lowest BCUT2D eigenvalue weighted by molar-refractivity contribution is 0.180. The van der Waals surface area contributed by atoms with Gasteiger partial charge < -0.3 is 9.72 Å². The Balaban J connectivity index is 1.19. The number of aromatic nitrogens is 3. The number of likely N-dealkylation sites (tertiary alicyclic amines) is 1. The van der Waals surface area contributed by atoms with E-state index in [0.717, 1.165) is 65.9 Å². The summed E-state index contributed by atoms with van der Waals surface area (Å²) in [5.74, 6) is 0.327. The summed E-state index contributed by atoms with van der Waals surface area (Å²) in [6, 6.07) is 30.6. The molecule has 1 saturated heterocycles. The van der Waals surface area contributed by atoms with E-state index in [9.17, 15) is 10.1 Å². The Hall–Kier alpha value is -4.67. The molecule has 39 heavy (non-hydrogen) atoms. The molecule has 3 heterocycles. The predicted molar refractivity (Wildman–Crippen MR) is 152 cm³/mol. The Labute approximate surface area is 226 Å². The molecule has 194 valence electrons. The average Bonchev–Trinajstić information content (AvgIpc) is 3.33. The Morgan fingerprint density at radius 3 is 2.41 bits per heavy atom. The normalized spacial score (nSPS) is 14.4. The van der Waals surface area contributed by atoms with Gasteiger partial charge in [-0.2, -0.15) is 5.26 Å². The highest BCUT2D eigenvalue weighted by Gasteiger charge is 2.23. The predicted octanol–water partition coefficient (Wildman–Crippen LogP) is 5.78. The summed E-state index contributed by atoms with van der Waals surface area (Å²) in [5, 5.41) is 9.61. The van der Waals surface area contributed by atoms with Crippen molar-refractivity contribution in [2.75, 3.05) is 20.2 Å². The first kappa shape index (κ1) is 24.7. The monoisotopic (exact) mass is 515 g/mol. The minimum absolute atomic E-state index is 0.0202. The van der Waals surface area contributed by atoms with Crippen LogP contribution < -0.4 is 10.4 Å². The minimum Gasteiger partial charge on any atom is -0.480 e. The zero-order valence-electron chi connectivity index (χ0n) is 21.8. The third kappa shape index (κ3) is 4.83. The number of benzene rings is 3. The van der Waals surface area contributed by atoms with Gasteiger partial charge in [0.25, 0.3) is 0 Å². The Bertz CT molecular complexity index is 1710. The van der Waals surface area contributed by atoms with E-state index < -0.39 is 0 Å². The molecule has 0 radical (unpaired) electrons. The summed E-state index contributed by atoms with van der Waals surface area (Å²) in [4.78, 5) is 22.8. The maximum absolute atomic E-state index is 12.6. The number of H-pyrrole nitrogens is 1. The van der Waals surface area contributed by atoms with Crippen LogP contribution in [0.1, 0.15) is 30.0 Å². The van der Waals surface area contributed by atoms with Crippen LogP contribution in [0.3, 0.4) is 0 Å². The van der Waals surface area contributed by atoms with Crippen LogP contribution in [0, 0.1) is 11.3 Å². The fraction of sp³-hybridized carbons (Fsp3) is 0.219. The number of imidazole rings is 1. The zero-order chi connectivity index (χ0) is 26.8. The van der Waals surface area contributed by atoms with E-state index in [1.165, 1.54) is 12.7 Å². The second-order valence-electron chi connectivity index (χ2n) is 9.94. The van der Waals surface area contributed by atoms with E-state index in [2.05, 4.69) is 40.2 Å². The molecular weight excluding hydrogens is 486 g/mol. The second kappa shape index (κ2) is 10.6. The molecule has 0 spiro atoms. The SMILES string of the molecule is COc1nc(-c2ccc(CN3CCC(n4c(=O)[nH]c5ccccc54)CC3)cc2)c(-c2ccccc2)cc1C#N. The van der Waals surface area contributed by atoms with Crippen molar-refractivity contribution < 1.29 is 4.74 Å². The van der Waals surface area contributed by atoms with Crippen LogP contribution in [0.5, 0.6) is 5.88 Å². The van der Waals surface area contributed by atoms with Gasteiger partial charge in [0.15, 0.2) is 0 Å². The summed E-state index contributed by atoms with van der Waals surface area (Å²) in [6.07, 6.45) is 1.88. The third-order valence-electron chi connectivity index (χ3n) is 7.57. The van der Waals surface area contributed by atoms with Gasteiger partial charge in [0.2, 0.25) is 5.88 Å².